The summed E-state index contributed by atoms with van der Waals surface area (Å²) in [6.07, 6.45) is 4.73. The summed E-state index contributed by atoms with van der Waals surface area (Å²) < 4.78 is 33.9. The molecule has 0 spiro atoms. The summed E-state index contributed by atoms with van der Waals surface area (Å²) in [5.74, 6) is 0.358. The first-order valence-corrected chi connectivity index (χ1v) is 9.58. The predicted molar refractivity (Wildman–Crippen MR) is 89.2 cm³/mol. The van der Waals surface area contributed by atoms with Crippen LogP contribution in [-0.2, 0) is 10.0 Å². The molecule has 120 valence electrons. The van der Waals surface area contributed by atoms with Crippen LogP contribution in [0.25, 0.3) is 0 Å². The average Bonchev–Trinajstić information content (AvgIpc) is 2.44. The third-order valence-electron chi connectivity index (χ3n) is 3.28. The molecule has 0 aliphatic heterocycles. The van der Waals surface area contributed by atoms with Crippen molar-refractivity contribution < 1.29 is 13.2 Å². The Kier molecular flexibility index (Phi) is 7.70. The lowest BCUT2D eigenvalue weighted by molar-refractivity contribution is 0.401. The van der Waals surface area contributed by atoms with E-state index in [0.717, 1.165) is 32.1 Å². The lowest BCUT2D eigenvalue weighted by Gasteiger charge is -2.19. The van der Waals surface area contributed by atoms with Gasteiger partial charge in [-0.25, -0.2) is 13.1 Å². The molecule has 6 heteroatoms. The fourth-order valence-electron chi connectivity index (χ4n) is 2.20. The first-order valence-electron chi connectivity index (χ1n) is 7.30. The van der Waals surface area contributed by atoms with Gasteiger partial charge in [0.2, 0.25) is 10.0 Å². The Labute approximate surface area is 136 Å². The molecular weight excluding hydrogens is 354 g/mol. The van der Waals surface area contributed by atoms with E-state index in [1.807, 2.05) is 0 Å². The van der Waals surface area contributed by atoms with Gasteiger partial charge in [-0.2, -0.15) is 0 Å². The Bertz CT molecular complexity index is 546. The zero-order valence-electron chi connectivity index (χ0n) is 12.9. The molecule has 0 saturated carbocycles. The topological polar surface area (TPSA) is 55.4 Å². The van der Waals surface area contributed by atoms with Crippen LogP contribution < -0.4 is 9.46 Å². The molecule has 4 nitrogen and oxygen atoms in total. The van der Waals surface area contributed by atoms with Crippen LogP contribution in [-0.4, -0.2) is 21.6 Å². The van der Waals surface area contributed by atoms with Crippen molar-refractivity contribution in [2.45, 2.75) is 56.9 Å². The first kappa shape index (κ1) is 18.5. The van der Waals surface area contributed by atoms with Gasteiger partial charge in [0.1, 0.15) is 10.6 Å². The first-order chi connectivity index (χ1) is 9.94. The van der Waals surface area contributed by atoms with Gasteiger partial charge in [0.25, 0.3) is 0 Å². The van der Waals surface area contributed by atoms with Gasteiger partial charge in [-0.1, -0.05) is 49.0 Å². The molecule has 0 aliphatic rings. The molecule has 1 unspecified atom stereocenters. The molecule has 0 aliphatic carbocycles. The summed E-state index contributed by atoms with van der Waals surface area (Å²) in [5.41, 5.74) is 0. The number of methoxy groups -OCH3 is 1. The molecule has 0 fully saturated rings. The second-order valence-electron chi connectivity index (χ2n) is 5.04. The second kappa shape index (κ2) is 8.76. The SMILES string of the molecule is CCCCC(CCC)NS(=O)(=O)c1cc(Br)ccc1OC. The van der Waals surface area contributed by atoms with Gasteiger partial charge in [-0.05, 0) is 31.0 Å². The number of hydrogen-bond acceptors (Lipinski definition) is 3. The summed E-state index contributed by atoms with van der Waals surface area (Å²) in [6.45, 7) is 4.17. The lowest BCUT2D eigenvalue weighted by atomic mass is 10.1. The van der Waals surface area contributed by atoms with Crippen molar-refractivity contribution in [1.82, 2.24) is 4.72 Å². The third-order valence-corrected chi connectivity index (χ3v) is 5.32. The highest BCUT2D eigenvalue weighted by molar-refractivity contribution is 9.10. The number of halogens is 1. The zero-order valence-corrected chi connectivity index (χ0v) is 15.3. The van der Waals surface area contributed by atoms with E-state index in [0.29, 0.717) is 10.2 Å². The normalized spacial score (nSPS) is 13.1. The smallest absolute Gasteiger partial charge is 0.244 e. The quantitative estimate of drug-likeness (QED) is 0.704. The highest BCUT2D eigenvalue weighted by Gasteiger charge is 2.23. The van der Waals surface area contributed by atoms with Crippen molar-refractivity contribution in [1.29, 1.82) is 0 Å². The van der Waals surface area contributed by atoms with E-state index >= 15 is 0 Å². The van der Waals surface area contributed by atoms with Crippen LogP contribution in [0.5, 0.6) is 5.75 Å². The number of rotatable bonds is 9. The van der Waals surface area contributed by atoms with E-state index in [1.165, 1.54) is 7.11 Å². The second-order valence-corrected chi connectivity index (χ2v) is 7.64. The van der Waals surface area contributed by atoms with E-state index < -0.39 is 10.0 Å². The van der Waals surface area contributed by atoms with Gasteiger partial charge in [-0.15, -0.1) is 0 Å². The van der Waals surface area contributed by atoms with Crippen molar-refractivity contribution in [3.8, 4) is 5.75 Å². The zero-order chi connectivity index (χ0) is 15.9. The average molecular weight is 378 g/mol. The number of ether oxygens (including phenoxy) is 1. The van der Waals surface area contributed by atoms with Crippen LogP contribution in [0, 0.1) is 0 Å². The third kappa shape index (κ3) is 5.60. The molecule has 0 aromatic heterocycles. The fourth-order valence-corrected chi connectivity index (χ4v) is 4.22. The number of nitrogens with one attached hydrogen (secondary N) is 1. The molecule has 1 rings (SSSR count). The molecule has 1 aromatic rings. The highest BCUT2D eigenvalue weighted by Crippen LogP contribution is 2.27. The monoisotopic (exact) mass is 377 g/mol. The van der Waals surface area contributed by atoms with Crippen LogP contribution >= 0.6 is 15.9 Å². The fraction of sp³-hybridized carbons (Fsp3) is 0.600. The predicted octanol–water partition coefficient (Wildman–Crippen LogP) is 4.09. The maximum Gasteiger partial charge on any atom is 0.244 e. The molecule has 1 aromatic carbocycles. The Morgan fingerprint density at radius 1 is 1.24 bits per heavy atom. The minimum atomic E-state index is -3.58. The van der Waals surface area contributed by atoms with Gasteiger partial charge >= 0.3 is 0 Å². The maximum atomic E-state index is 12.6. The molecular formula is C15H24BrNO3S. The number of benzene rings is 1. The summed E-state index contributed by atoms with van der Waals surface area (Å²) in [5, 5.41) is 0. The highest BCUT2D eigenvalue weighted by atomic mass is 79.9. The van der Waals surface area contributed by atoms with E-state index in [1.54, 1.807) is 18.2 Å². The molecule has 1 N–H and O–H groups in total. The van der Waals surface area contributed by atoms with Gasteiger partial charge in [0, 0.05) is 10.5 Å². The van der Waals surface area contributed by atoms with Crippen LogP contribution in [0.4, 0.5) is 0 Å². The molecule has 0 saturated heterocycles. The summed E-state index contributed by atoms with van der Waals surface area (Å²) in [4.78, 5) is 0.178. The maximum absolute atomic E-state index is 12.6. The van der Waals surface area contributed by atoms with E-state index in [4.69, 9.17) is 4.74 Å². The number of sulfonamides is 1. The summed E-state index contributed by atoms with van der Waals surface area (Å²) in [7, 11) is -2.11. The molecule has 0 amide bonds. The van der Waals surface area contributed by atoms with Gasteiger partial charge in [0.15, 0.2) is 0 Å². The van der Waals surface area contributed by atoms with E-state index in [2.05, 4.69) is 34.5 Å². The van der Waals surface area contributed by atoms with Crippen LogP contribution in [0.2, 0.25) is 0 Å². The summed E-state index contributed by atoms with van der Waals surface area (Å²) >= 11 is 3.31. The molecule has 1 atom stereocenters. The van der Waals surface area contributed by atoms with E-state index in [-0.39, 0.29) is 10.9 Å². The van der Waals surface area contributed by atoms with Crippen molar-refractivity contribution >= 4 is 26.0 Å². The van der Waals surface area contributed by atoms with Crippen LogP contribution in [0.1, 0.15) is 46.0 Å². The molecule has 0 heterocycles. The standard InChI is InChI=1S/C15H24BrNO3S/c1-4-6-8-13(7-5-2)17-21(18,19)15-11-12(16)9-10-14(15)20-3/h9-11,13,17H,4-8H2,1-3H3. The Balaban J connectivity index is 3.00. The lowest BCUT2D eigenvalue weighted by Crippen LogP contribution is -2.35. The van der Waals surface area contributed by atoms with Crippen molar-refractivity contribution in [2.75, 3.05) is 7.11 Å². The van der Waals surface area contributed by atoms with Gasteiger partial charge in [-0.3, -0.25) is 0 Å². The van der Waals surface area contributed by atoms with E-state index in [9.17, 15) is 8.42 Å². The molecule has 0 bridgehead atoms. The number of unbranched alkanes of at least 4 members (excludes halogenated alkanes) is 1. The molecule has 21 heavy (non-hydrogen) atoms. The Hall–Kier alpha value is -0.590. The molecule has 0 radical (unpaired) electrons. The van der Waals surface area contributed by atoms with Crippen molar-refractivity contribution in [3.63, 3.8) is 0 Å². The van der Waals surface area contributed by atoms with Gasteiger partial charge < -0.3 is 4.74 Å². The van der Waals surface area contributed by atoms with Gasteiger partial charge in [0.05, 0.1) is 7.11 Å². The van der Waals surface area contributed by atoms with Crippen LogP contribution in [0.3, 0.4) is 0 Å². The number of hydrogen-bond donors (Lipinski definition) is 1. The summed E-state index contributed by atoms with van der Waals surface area (Å²) in [6, 6.07) is 4.96. The Morgan fingerprint density at radius 3 is 2.52 bits per heavy atom. The van der Waals surface area contributed by atoms with Crippen molar-refractivity contribution in [3.05, 3.63) is 22.7 Å². The minimum Gasteiger partial charge on any atom is -0.495 e. The minimum absolute atomic E-state index is 0.0244. The van der Waals surface area contributed by atoms with Crippen molar-refractivity contribution in [2.24, 2.45) is 0 Å². The largest absolute Gasteiger partial charge is 0.495 e. The Morgan fingerprint density at radius 2 is 1.95 bits per heavy atom. The van der Waals surface area contributed by atoms with Crippen LogP contribution in [0.15, 0.2) is 27.6 Å².